The Morgan fingerprint density at radius 3 is 2.64 bits per heavy atom. The third-order valence-corrected chi connectivity index (χ3v) is 3.65. The summed E-state index contributed by atoms with van der Waals surface area (Å²) >= 11 is 2.17. The first-order valence-corrected chi connectivity index (χ1v) is 7.76. The van der Waals surface area contributed by atoms with Crippen molar-refractivity contribution in [1.29, 1.82) is 0 Å². The Morgan fingerprint density at radius 1 is 1.32 bits per heavy atom. The molecule has 1 N–H and O–H groups in total. The van der Waals surface area contributed by atoms with E-state index < -0.39 is 11.9 Å². The summed E-state index contributed by atoms with van der Waals surface area (Å²) < 4.78 is 11.1. The van der Waals surface area contributed by atoms with Gasteiger partial charge in [0, 0.05) is 9.26 Å². The van der Waals surface area contributed by atoms with Crippen molar-refractivity contribution < 1.29 is 18.8 Å². The SMILES string of the molecule is CCc1noc(C)c1C(=O)OCC(=O)Nc1ccc(I)cc1. The quantitative estimate of drug-likeness (QED) is 0.601. The van der Waals surface area contributed by atoms with Gasteiger partial charge in [0.15, 0.2) is 6.61 Å². The topological polar surface area (TPSA) is 81.4 Å². The molecule has 7 heteroatoms. The van der Waals surface area contributed by atoms with Crippen LogP contribution in [0.5, 0.6) is 0 Å². The number of carbonyl (C=O) groups excluding carboxylic acids is 2. The van der Waals surface area contributed by atoms with E-state index in [9.17, 15) is 9.59 Å². The number of anilines is 1. The van der Waals surface area contributed by atoms with Gasteiger partial charge in [-0.25, -0.2) is 4.79 Å². The number of amides is 1. The minimum absolute atomic E-state index is 0.296. The van der Waals surface area contributed by atoms with E-state index in [0.29, 0.717) is 29.1 Å². The summed E-state index contributed by atoms with van der Waals surface area (Å²) in [4.78, 5) is 23.8. The smallest absolute Gasteiger partial charge is 0.344 e. The maximum Gasteiger partial charge on any atom is 0.344 e. The number of halogens is 1. The van der Waals surface area contributed by atoms with Crippen LogP contribution in [-0.4, -0.2) is 23.6 Å². The summed E-state index contributed by atoms with van der Waals surface area (Å²) in [6.45, 7) is 3.13. The van der Waals surface area contributed by atoms with Crippen LogP contribution in [0.4, 0.5) is 5.69 Å². The van der Waals surface area contributed by atoms with E-state index in [-0.39, 0.29) is 6.61 Å². The fraction of sp³-hybridized carbons (Fsp3) is 0.267. The van der Waals surface area contributed by atoms with E-state index in [1.54, 1.807) is 19.1 Å². The van der Waals surface area contributed by atoms with E-state index in [4.69, 9.17) is 9.26 Å². The summed E-state index contributed by atoms with van der Waals surface area (Å²) in [5, 5.41) is 6.44. The van der Waals surface area contributed by atoms with Crippen LogP contribution in [0.25, 0.3) is 0 Å². The Bertz CT molecular complexity index is 679. The monoisotopic (exact) mass is 414 g/mol. The largest absolute Gasteiger partial charge is 0.452 e. The molecule has 0 aliphatic carbocycles. The number of hydrogen-bond donors (Lipinski definition) is 1. The number of benzene rings is 1. The summed E-state index contributed by atoms with van der Waals surface area (Å²) in [7, 11) is 0. The van der Waals surface area contributed by atoms with Crippen LogP contribution in [0.3, 0.4) is 0 Å². The second-order valence-electron chi connectivity index (χ2n) is 4.55. The van der Waals surface area contributed by atoms with Gasteiger partial charge in [-0.3, -0.25) is 4.79 Å². The molecule has 0 aliphatic rings. The standard InChI is InChI=1S/C15H15IN2O4/c1-3-12-14(9(2)22-18-12)15(20)21-8-13(19)17-11-6-4-10(16)5-7-11/h4-7H,3,8H2,1-2H3,(H,17,19). The van der Waals surface area contributed by atoms with E-state index in [0.717, 1.165) is 3.57 Å². The van der Waals surface area contributed by atoms with Crippen LogP contribution in [0.15, 0.2) is 28.8 Å². The molecule has 1 aromatic heterocycles. The molecule has 2 aromatic rings. The summed E-state index contributed by atoms with van der Waals surface area (Å²) in [5.41, 5.74) is 1.47. The maximum atomic E-state index is 12.0. The highest BCUT2D eigenvalue weighted by Crippen LogP contribution is 2.15. The van der Waals surface area contributed by atoms with Crippen molar-refractivity contribution in [2.24, 2.45) is 0 Å². The molecular weight excluding hydrogens is 399 g/mol. The highest BCUT2D eigenvalue weighted by molar-refractivity contribution is 14.1. The van der Waals surface area contributed by atoms with Crippen molar-refractivity contribution >= 4 is 40.2 Å². The zero-order valence-corrected chi connectivity index (χ0v) is 14.3. The van der Waals surface area contributed by atoms with E-state index in [1.807, 2.05) is 19.1 Å². The zero-order valence-electron chi connectivity index (χ0n) is 12.2. The lowest BCUT2D eigenvalue weighted by atomic mass is 10.1. The summed E-state index contributed by atoms with van der Waals surface area (Å²) in [6, 6.07) is 7.30. The van der Waals surface area contributed by atoms with Crippen molar-refractivity contribution in [2.75, 3.05) is 11.9 Å². The van der Waals surface area contributed by atoms with Crippen molar-refractivity contribution in [2.45, 2.75) is 20.3 Å². The number of rotatable bonds is 5. The molecule has 6 nitrogen and oxygen atoms in total. The molecule has 0 bridgehead atoms. The van der Waals surface area contributed by atoms with Crippen LogP contribution in [-0.2, 0) is 16.0 Å². The molecule has 1 aromatic carbocycles. The molecule has 0 unspecified atom stereocenters. The zero-order chi connectivity index (χ0) is 16.1. The molecule has 0 fully saturated rings. The van der Waals surface area contributed by atoms with Crippen LogP contribution >= 0.6 is 22.6 Å². The van der Waals surface area contributed by atoms with E-state index in [1.165, 1.54) is 0 Å². The highest BCUT2D eigenvalue weighted by atomic mass is 127. The minimum atomic E-state index is -0.603. The Morgan fingerprint density at radius 2 is 2.00 bits per heavy atom. The number of ether oxygens (including phenoxy) is 1. The van der Waals surface area contributed by atoms with Gasteiger partial charge in [0.25, 0.3) is 5.91 Å². The number of hydrogen-bond acceptors (Lipinski definition) is 5. The van der Waals surface area contributed by atoms with Crippen molar-refractivity contribution in [3.63, 3.8) is 0 Å². The average molecular weight is 414 g/mol. The number of aryl methyl sites for hydroxylation is 2. The first-order valence-electron chi connectivity index (χ1n) is 6.69. The molecule has 116 valence electrons. The third-order valence-electron chi connectivity index (χ3n) is 2.93. The normalized spacial score (nSPS) is 10.3. The van der Waals surface area contributed by atoms with Crippen molar-refractivity contribution in [1.82, 2.24) is 5.16 Å². The number of aromatic nitrogens is 1. The van der Waals surface area contributed by atoms with Crippen molar-refractivity contribution in [3.8, 4) is 0 Å². The molecule has 0 radical (unpaired) electrons. The van der Waals surface area contributed by atoms with Gasteiger partial charge in [-0.1, -0.05) is 12.1 Å². The molecule has 22 heavy (non-hydrogen) atoms. The fourth-order valence-electron chi connectivity index (χ4n) is 1.85. The molecule has 1 heterocycles. The lowest BCUT2D eigenvalue weighted by Gasteiger charge is -2.06. The van der Waals surface area contributed by atoms with Crippen LogP contribution < -0.4 is 5.32 Å². The minimum Gasteiger partial charge on any atom is -0.452 e. The predicted octanol–water partition coefficient (Wildman–Crippen LogP) is 2.95. The molecule has 2 rings (SSSR count). The van der Waals surface area contributed by atoms with Gasteiger partial charge in [-0.15, -0.1) is 0 Å². The Balaban J connectivity index is 1.92. The number of nitrogens with one attached hydrogen (secondary N) is 1. The fourth-order valence-corrected chi connectivity index (χ4v) is 2.21. The van der Waals surface area contributed by atoms with Gasteiger partial charge in [-0.2, -0.15) is 0 Å². The first kappa shape index (κ1) is 16.5. The van der Waals surface area contributed by atoms with Gasteiger partial charge in [-0.05, 0) is 60.2 Å². The van der Waals surface area contributed by atoms with Gasteiger partial charge < -0.3 is 14.6 Å². The van der Waals surface area contributed by atoms with Crippen LogP contribution in [0, 0.1) is 10.5 Å². The highest BCUT2D eigenvalue weighted by Gasteiger charge is 2.21. The lowest BCUT2D eigenvalue weighted by Crippen LogP contribution is -2.21. The molecule has 0 saturated carbocycles. The molecule has 0 atom stereocenters. The first-order chi connectivity index (χ1) is 10.5. The van der Waals surface area contributed by atoms with Gasteiger partial charge in [0.05, 0.1) is 5.69 Å². The molecule has 0 spiro atoms. The van der Waals surface area contributed by atoms with Gasteiger partial charge in [0.2, 0.25) is 0 Å². The lowest BCUT2D eigenvalue weighted by molar-refractivity contribution is -0.119. The second kappa shape index (κ2) is 7.39. The predicted molar refractivity (Wildman–Crippen MR) is 88.7 cm³/mol. The summed E-state index contributed by atoms with van der Waals surface area (Å²) in [5.74, 6) is -0.616. The van der Waals surface area contributed by atoms with Crippen LogP contribution in [0.1, 0.15) is 28.7 Å². The molecule has 0 aliphatic heterocycles. The van der Waals surface area contributed by atoms with E-state index >= 15 is 0 Å². The second-order valence-corrected chi connectivity index (χ2v) is 5.79. The number of nitrogens with zero attached hydrogens (tertiary/aromatic N) is 1. The summed E-state index contributed by atoms with van der Waals surface area (Å²) in [6.07, 6.45) is 0.552. The van der Waals surface area contributed by atoms with Crippen LogP contribution in [0.2, 0.25) is 0 Å². The Labute approximate surface area is 141 Å². The third kappa shape index (κ3) is 4.06. The molecule has 1 amide bonds. The average Bonchev–Trinajstić information content (AvgIpc) is 2.88. The van der Waals surface area contributed by atoms with Gasteiger partial charge in [0.1, 0.15) is 11.3 Å². The van der Waals surface area contributed by atoms with E-state index in [2.05, 4.69) is 33.1 Å². The maximum absolute atomic E-state index is 12.0. The van der Waals surface area contributed by atoms with Crippen molar-refractivity contribution in [3.05, 3.63) is 44.9 Å². The Kier molecular flexibility index (Phi) is 5.53. The number of esters is 1. The van der Waals surface area contributed by atoms with Gasteiger partial charge >= 0.3 is 5.97 Å². The molecule has 0 saturated heterocycles. The Hall–Kier alpha value is -1.90. The number of carbonyl (C=O) groups is 2. The molecular formula is C15H15IN2O4.